The lowest BCUT2D eigenvalue weighted by molar-refractivity contribution is -0.140. The molecule has 2 heterocycles. The summed E-state index contributed by atoms with van der Waals surface area (Å²) in [7, 11) is 0.854. The summed E-state index contributed by atoms with van der Waals surface area (Å²) in [5.41, 5.74) is 1.59. The highest BCUT2D eigenvalue weighted by Crippen LogP contribution is 2.36. The largest absolute Gasteiger partial charge is 0.494 e. The molecule has 1 fully saturated rings. The monoisotopic (exact) mass is 345 g/mol. The van der Waals surface area contributed by atoms with Gasteiger partial charge in [0.15, 0.2) is 0 Å². The van der Waals surface area contributed by atoms with Crippen molar-refractivity contribution in [2.75, 3.05) is 13.7 Å². The number of carbonyl (C=O) groups is 2. The number of methoxy groups -OCH3 is 1. The van der Waals surface area contributed by atoms with Gasteiger partial charge in [0.1, 0.15) is 0 Å². The minimum atomic E-state index is -0.493. The van der Waals surface area contributed by atoms with Gasteiger partial charge in [0, 0.05) is 18.7 Å². The van der Waals surface area contributed by atoms with Crippen molar-refractivity contribution in [1.29, 1.82) is 0 Å². The Bertz CT molecular complexity index is 699. The molecule has 0 spiro atoms. The predicted octanol–water partition coefficient (Wildman–Crippen LogP) is 1.50. The number of amides is 1. The Morgan fingerprint density at radius 3 is 2.48 bits per heavy atom. The Balaban J connectivity index is 1.76. The first kappa shape index (κ1) is 18.0. The third kappa shape index (κ3) is 3.18. The number of benzene rings is 1. The van der Waals surface area contributed by atoms with Gasteiger partial charge in [-0.2, -0.15) is 0 Å². The predicted molar refractivity (Wildman–Crippen MR) is 93.5 cm³/mol. The van der Waals surface area contributed by atoms with Crippen LogP contribution in [0.15, 0.2) is 18.2 Å². The van der Waals surface area contributed by atoms with E-state index < -0.39 is 18.3 Å². The van der Waals surface area contributed by atoms with Gasteiger partial charge in [0.05, 0.1) is 24.7 Å². The second-order valence-corrected chi connectivity index (χ2v) is 7.56. The van der Waals surface area contributed by atoms with Crippen molar-refractivity contribution in [2.24, 2.45) is 0 Å². The molecule has 7 heteroatoms. The molecule has 134 valence electrons. The minimum Gasteiger partial charge on any atom is -0.469 e. The van der Waals surface area contributed by atoms with Crippen LogP contribution < -0.4 is 5.46 Å². The first-order valence-electron chi connectivity index (χ1n) is 8.49. The van der Waals surface area contributed by atoms with Crippen molar-refractivity contribution in [3.05, 3.63) is 29.3 Å². The van der Waals surface area contributed by atoms with Gasteiger partial charge in [-0.25, -0.2) is 0 Å². The zero-order valence-electron chi connectivity index (χ0n) is 15.4. The molecule has 1 saturated heterocycles. The van der Waals surface area contributed by atoms with Crippen molar-refractivity contribution in [2.45, 2.75) is 51.9 Å². The van der Waals surface area contributed by atoms with E-state index in [9.17, 15) is 9.59 Å². The second kappa shape index (κ2) is 6.14. The quantitative estimate of drug-likeness (QED) is 0.611. The molecule has 1 amide bonds. The molecular weight excluding hydrogens is 321 g/mol. The molecule has 3 rings (SSSR count). The topological polar surface area (TPSA) is 65.1 Å². The molecule has 25 heavy (non-hydrogen) atoms. The lowest BCUT2D eigenvalue weighted by Gasteiger charge is -2.32. The van der Waals surface area contributed by atoms with Gasteiger partial charge in [-0.05, 0) is 44.8 Å². The van der Waals surface area contributed by atoms with Crippen LogP contribution in [0.25, 0.3) is 0 Å². The minimum absolute atomic E-state index is 0.0720. The lowest BCUT2D eigenvalue weighted by atomic mass is 9.78. The average molecular weight is 345 g/mol. The fourth-order valence-corrected chi connectivity index (χ4v) is 3.01. The molecule has 2 aliphatic heterocycles. The summed E-state index contributed by atoms with van der Waals surface area (Å²) in [4.78, 5) is 25.6. The molecule has 0 unspecified atom stereocenters. The van der Waals surface area contributed by atoms with Gasteiger partial charge in [-0.3, -0.25) is 9.59 Å². The Kier molecular flexibility index (Phi) is 4.41. The molecule has 0 atom stereocenters. The first-order chi connectivity index (χ1) is 11.6. The summed E-state index contributed by atoms with van der Waals surface area (Å²) in [5.74, 6) is -0.390. The highest BCUT2D eigenvalue weighted by atomic mass is 16.7. The van der Waals surface area contributed by atoms with Gasteiger partial charge >= 0.3 is 13.1 Å². The smallest absolute Gasteiger partial charge is 0.469 e. The summed E-state index contributed by atoms with van der Waals surface area (Å²) in [5, 5.41) is 0. The van der Waals surface area contributed by atoms with Crippen molar-refractivity contribution < 1.29 is 23.6 Å². The normalized spacial score (nSPS) is 20.8. The van der Waals surface area contributed by atoms with E-state index in [-0.39, 0.29) is 18.3 Å². The highest BCUT2D eigenvalue weighted by Gasteiger charge is 2.51. The van der Waals surface area contributed by atoms with Crippen LogP contribution in [0.1, 0.15) is 50.0 Å². The third-order valence-corrected chi connectivity index (χ3v) is 5.35. The number of hydrogen-bond acceptors (Lipinski definition) is 5. The summed E-state index contributed by atoms with van der Waals surface area (Å²) in [6, 6.07) is 5.72. The summed E-state index contributed by atoms with van der Waals surface area (Å²) in [6.45, 7) is 8.86. The molecule has 0 saturated carbocycles. The molecule has 0 aromatic heterocycles. The van der Waals surface area contributed by atoms with Crippen LogP contribution in [-0.2, 0) is 25.4 Å². The molecule has 1 aromatic rings. The molecule has 0 bridgehead atoms. The van der Waals surface area contributed by atoms with Crippen LogP contribution >= 0.6 is 0 Å². The number of ether oxygens (including phenoxy) is 1. The summed E-state index contributed by atoms with van der Waals surface area (Å²) >= 11 is 0. The molecule has 0 aliphatic carbocycles. The van der Waals surface area contributed by atoms with Crippen LogP contribution in [-0.4, -0.2) is 48.8 Å². The molecule has 2 aliphatic rings. The second-order valence-electron chi connectivity index (χ2n) is 7.56. The summed E-state index contributed by atoms with van der Waals surface area (Å²) in [6.07, 6.45) is 0.195. The molecule has 6 nitrogen and oxygen atoms in total. The molecule has 0 N–H and O–H groups in total. The first-order valence-corrected chi connectivity index (χ1v) is 8.49. The van der Waals surface area contributed by atoms with E-state index >= 15 is 0 Å². The standard InChI is InChI=1S/C18H24BNO5/c1-17(2)18(3,4)25-19(24-17)13-7-6-12-11-20(9-8-15(21)23-5)16(22)14(12)10-13/h6-7,10H,8-9,11H2,1-5H3. The summed E-state index contributed by atoms with van der Waals surface area (Å²) < 4.78 is 16.8. The number of rotatable bonds is 4. The van der Waals surface area contributed by atoms with E-state index in [0.29, 0.717) is 18.7 Å². The Hall–Kier alpha value is -1.86. The van der Waals surface area contributed by atoms with Crippen LogP contribution in [0.5, 0.6) is 0 Å². The number of esters is 1. The van der Waals surface area contributed by atoms with Crippen molar-refractivity contribution in [3.8, 4) is 0 Å². The van der Waals surface area contributed by atoms with Gasteiger partial charge in [-0.1, -0.05) is 12.1 Å². The van der Waals surface area contributed by atoms with Gasteiger partial charge < -0.3 is 18.9 Å². The van der Waals surface area contributed by atoms with E-state index in [1.165, 1.54) is 7.11 Å². The van der Waals surface area contributed by atoms with Crippen molar-refractivity contribution >= 4 is 24.5 Å². The molecule has 0 radical (unpaired) electrons. The zero-order valence-corrected chi connectivity index (χ0v) is 15.4. The average Bonchev–Trinajstić information content (AvgIpc) is 2.98. The van der Waals surface area contributed by atoms with E-state index in [1.54, 1.807) is 4.90 Å². The Morgan fingerprint density at radius 1 is 1.24 bits per heavy atom. The fourth-order valence-electron chi connectivity index (χ4n) is 3.01. The van der Waals surface area contributed by atoms with Crippen LogP contribution in [0.3, 0.4) is 0 Å². The van der Waals surface area contributed by atoms with Crippen LogP contribution in [0.4, 0.5) is 0 Å². The highest BCUT2D eigenvalue weighted by molar-refractivity contribution is 6.62. The Morgan fingerprint density at radius 2 is 1.88 bits per heavy atom. The van der Waals surface area contributed by atoms with Gasteiger partial charge in [-0.15, -0.1) is 0 Å². The van der Waals surface area contributed by atoms with E-state index in [1.807, 2.05) is 45.9 Å². The van der Waals surface area contributed by atoms with E-state index in [2.05, 4.69) is 4.74 Å². The van der Waals surface area contributed by atoms with E-state index in [4.69, 9.17) is 9.31 Å². The van der Waals surface area contributed by atoms with E-state index in [0.717, 1.165) is 11.0 Å². The van der Waals surface area contributed by atoms with Crippen LogP contribution in [0, 0.1) is 0 Å². The number of carbonyl (C=O) groups excluding carboxylic acids is 2. The fraction of sp³-hybridized carbons (Fsp3) is 0.556. The number of nitrogens with zero attached hydrogens (tertiary/aromatic N) is 1. The third-order valence-electron chi connectivity index (χ3n) is 5.35. The van der Waals surface area contributed by atoms with Crippen LogP contribution in [0.2, 0.25) is 0 Å². The van der Waals surface area contributed by atoms with Crippen molar-refractivity contribution in [3.63, 3.8) is 0 Å². The maximum atomic E-state index is 12.6. The Labute approximate surface area is 148 Å². The van der Waals surface area contributed by atoms with Gasteiger partial charge in [0.25, 0.3) is 5.91 Å². The maximum Gasteiger partial charge on any atom is 0.494 e. The van der Waals surface area contributed by atoms with Crippen molar-refractivity contribution in [1.82, 2.24) is 4.90 Å². The SMILES string of the molecule is COC(=O)CCN1Cc2ccc(B3OC(C)(C)C(C)(C)O3)cc2C1=O. The molecular formula is C18H24BNO5. The molecule has 1 aromatic carbocycles. The van der Waals surface area contributed by atoms with Gasteiger partial charge in [0.2, 0.25) is 0 Å². The number of hydrogen-bond donors (Lipinski definition) is 0. The maximum absolute atomic E-state index is 12.6. The number of fused-ring (bicyclic) bond motifs is 1. The zero-order chi connectivity index (χ0) is 18.4. The lowest BCUT2D eigenvalue weighted by Crippen LogP contribution is -2.41.